The van der Waals surface area contributed by atoms with E-state index in [9.17, 15) is 0 Å². The van der Waals surface area contributed by atoms with Crippen LogP contribution in [0.4, 0.5) is 17.5 Å². The van der Waals surface area contributed by atoms with Crippen molar-refractivity contribution in [2.24, 2.45) is 5.84 Å². The van der Waals surface area contributed by atoms with Gasteiger partial charge in [0.15, 0.2) is 5.65 Å². The minimum atomic E-state index is 0.316. The van der Waals surface area contributed by atoms with Crippen molar-refractivity contribution in [2.75, 3.05) is 10.7 Å². The van der Waals surface area contributed by atoms with Crippen molar-refractivity contribution < 1.29 is 0 Å². The van der Waals surface area contributed by atoms with Crippen LogP contribution >= 0.6 is 15.9 Å². The first kappa shape index (κ1) is 12.8. The molecule has 1 aromatic carbocycles. The highest BCUT2D eigenvalue weighted by atomic mass is 79.9. The number of aromatic amines is 1. The lowest BCUT2D eigenvalue weighted by atomic mass is 10.2. The Kier molecular flexibility index (Phi) is 3.25. The summed E-state index contributed by atoms with van der Waals surface area (Å²) in [5.74, 6) is 6.32. The Morgan fingerprint density at radius 2 is 2.10 bits per heavy atom. The number of aryl methyl sites for hydroxylation is 1. The Hall–Kier alpha value is -2.19. The SMILES string of the molecule is Cc1cc(Br)cc(Nc2nc(NN)nc3[nH]ncc23)c1. The van der Waals surface area contributed by atoms with Crippen LogP contribution in [0.15, 0.2) is 28.9 Å². The van der Waals surface area contributed by atoms with Gasteiger partial charge >= 0.3 is 0 Å². The average Bonchev–Trinajstić information content (AvgIpc) is 2.85. The van der Waals surface area contributed by atoms with E-state index in [1.807, 2.05) is 25.1 Å². The number of hydrazine groups is 1. The number of aromatic nitrogens is 4. The molecule has 0 aliphatic rings. The van der Waals surface area contributed by atoms with E-state index in [0.29, 0.717) is 17.4 Å². The molecule has 102 valence electrons. The molecule has 0 radical (unpaired) electrons. The summed E-state index contributed by atoms with van der Waals surface area (Å²) in [7, 11) is 0. The quantitative estimate of drug-likeness (QED) is 0.433. The molecule has 3 aromatic rings. The number of benzene rings is 1. The van der Waals surface area contributed by atoms with Crippen molar-refractivity contribution in [1.82, 2.24) is 20.2 Å². The van der Waals surface area contributed by atoms with Crippen molar-refractivity contribution >= 4 is 44.4 Å². The van der Waals surface area contributed by atoms with Crippen LogP contribution in [0.2, 0.25) is 0 Å². The highest BCUT2D eigenvalue weighted by molar-refractivity contribution is 9.10. The minimum Gasteiger partial charge on any atom is -0.339 e. The molecular weight excluding hydrogens is 322 g/mol. The zero-order valence-corrected chi connectivity index (χ0v) is 12.2. The average molecular weight is 334 g/mol. The molecule has 0 aliphatic carbocycles. The van der Waals surface area contributed by atoms with E-state index in [2.05, 4.69) is 46.8 Å². The topological polar surface area (TPSA) is 105 Å². The molecular formula is C12H12BrN7. The summed E-state index contributed by atoms with van der Waals surface area (Å²) >= 11 is 3.47. The Labute approximate surface area is 123 Å². The molecule has 0 spiro atoms. The van der Waals surface area contributed by atoms with Gasteiger partial charge in [0.2, 0.25) is 5.95 Å². The fraction of sp³-hybridized carbons (Fsp3) is 0.0833. The van der Waals surface area contributed by atoms with Crippen LogP contribution in [0.3, 0.4) is 0 Å². The maximum Gasteiger partial charge on any atom is 0.241 e. The van der Waals surface area contributed by atoms with Crippen molar-refractivity contribution in [3.05, 3.63) is 34.4 Å². The summed E-state index contributed by atoms with van der Waals surface area (Å²) in [6.07, 6.45) is 1.67. The molecule has 0 unspecified atom stereocenters. The first-order chi connectivity index (χ1) is 9.65. The molecule has 0 fully saturated rings. The van der Waals surface area contributed by atoms with Gasteiger partial charge in [0.25, 0.3) is 0 Å². The van der Waals surface area contributed by atoms with Crippen LogP contribution in [-0.4, -0.2) is 20.2 Å². The summed E-state index contributed by atoms with van der Waals surface area (Å²) in [6.45, 7) is 2.02. The van der Waals surface area contributed by atoms with E-state index in [1.54, 1.807) is 6.20 Å². The Bertz CT molecular complexity index is 747. The van der Waals surface area contributed by atoms with E-state index in [0.717, 1.165) is 21.1 Å². The molecule has 0 aliphatic heterocycles. The van der Waals surface area contributed by atoms with Gasteiger partial charge in [-0.25, -0.2) is 5.84 Å². The van der Waals surface area contributed by atoms with Crippen LogP contribution in [0.1, 0.15) is 5.56 Å². The molecule has 5 N–H and O–H groups in total. The first-order valence-corrected chi connectivity index (χ1v) is 6.67. The van der Waals surface area contributed by atoms with Crippen molar-refractivity contribution in [3.63, 3.8) is 0 Å². The standard InChI is InChI=1S/C12H12BrN7/c1-6-2-7(13)4-8(3-6)16-10-9-5-15-20-11(9)18-12(17-10)19-14/h2-5H,14H2,1H3,(H3,15,16,17,18,19,20). The highest BCUT2D eigenvalue weighted by Crippen LogP contribution is 2.26. The van der Waals surface area contributed by atoms with Gasteiger partial charge in [0, 0.05) is 10.2 Å². The summed E-state index contributed by atoms with van der Waals surface area (Å²) in [6, 6.07) is 6.02. The Balaban J connectivity index is 2.07. The van der Waals surface area contributed by atoms with E-state index in [-0.39, 0.29) is 0 Å². The highest BCUT2D eigenvalue weighted by Gasteiger charge is 2.09. The number of H-pyrrole nitrogens is 1. The number of nitrogens with zero attached hydrogens (tertiary/aromatic N) is 3. The molecule has 2 heterocycles. The van der Waals surface area contributed by atoms with Gasteiger partial charge in [-0.05, 0) is 30.7 Å². The van der Waals surface area contributed by atoms with Gasteiger partial charge in [-0.1, -0.05) is 15.9 Å². The molecule has 3 rings (SSSR count). The normalized spacial score (nSPS) is 10.8. The lowest BCUT2D eigenvalue weighted by molar-refractivity contribution is 1.08. The largest absolute Gasteiger partial charge is 0.339 e. The first-order valence-electron chi connectivity index (χ1n) is 5.87. The van der Waals surface area contributed by atoms with Crippen molar-refractivity contribution in [3.8, 4) is 0 Å². The third-order valence-corrected chi connectivity index (χ3v) is 3.20. The van der Waals surface area contributed by atoms with Crippen LogP contribution in [0, 0.1) is 6.92 Å². The van der Waals surface area contributed by atoms with E-state index < -0.39 is 0 Å². The molecule has 0 amide bonds. The number of nitrogen functional groups attached to an aromatic ring is 1. The third-order valence-electron chi connectivity index (χ3n) is 2.74. The molecule has 8 heteroatoms. The Morgan fingerprint density at radius 1 is 1.25 bits per heavy atom. The smallest absolute Gasteiger partial charge is 0.241 e. The lowest BCUT2D eigenvalue weighted by Gasteiger charge is -2.09. The van der Waals surface area contributed by atoms with Gasteiger partial charge in [-0.15, -0.1) is 0 Å². The van der Waals surface area contributed by atoms with E-state index >= 15 is 0 Å². The molecule has 0 saturated heterocycles. The Morgan fingerprint density at radius 3 is 2.85 bits per heavy atom. The number of fused-ring (bicyclic) bond motifs is 1. The molecule has 0 bridgehead atoms. The maximum atomic E-state index is 5.38. The number of nitrogens with two attached hydrogens (primary N) is 1. The van der Waals surface area contributed by atoms with E-state index in [1.165, 1.54) is 0 Å². The molecule has 0 saturated carbocycles. The molecule has 7 nitrogen and oxygen atoms in total. The molecule has 0 atom stereocenters. The predicted molar refractivity (Wildman–Crippen MR) is 81.7 cm³/mol. The summed E-state index contributed by atoms with van der Waals surface area (Å²) in [5, 5.41) is 10.8. The number of rotatable bonds is 3. The molecule has 2 aromatic heterocycles. The van der Waals surface area contributed by atoms with Gasteiger partial charge in [-0.3, -0.25) is 10.5 Å². The number of anilines is 3. The zero-order valence-electron chi connectivity index (χ0n) is 10.6. The zero-order chi connectivity index (χ0) is 14.1. The summed E-state index contributed by atoms with van der Waals surface area (Å²) in [4.78, 5) is 8.49. The third kappa shape index (κ3) is 2.43. The van der Waals surface area contributed by atoms with Crippen LogP contribution in [0.5, 0.6) is 0 Å². The van der Waals surface area contributed by atoms with Crippen LogP contribution in [0.25, 0.3) is 11.0 Å². The number of hydrogen-bond acceptors (Lipinski definition) is 6. The van der Waals surface area contributed by atoms with Crippen molar-refractivity contribution in [1.29, 1.82) is 0 Å². The van der Waals surface area contributed by atoms with Gasteiger partial charge in [0.05, 0.1) is 11.6 Å². The second-order valence-electron chi connectivity index (χ2n) is 4.31. The summed E-state index contributed by atoms with van der Waals surface area (Å²) < 4.78 is 0.995. The molecule has 20 heavy (non-hydrogen) atoms. The fourth-order valence-electron chi connectivity index (χ4n) is 1.94. The monoisotopic (exact) mass is 333 g/mol. The summed E-state index contributed by atoms with van der Waals surface area (Å²) in [5.41, 5.74) is 5.11. The second-order valence-corrected chi connectivity index (χ2v) is 5.23. The predicted octanol–water partition coefficient (Wildman–Crippen LogP) is 2.45. The number of halogens is 1. The number of hydrogen-bond donors (Lipinski definition) is 4. The van der Waals surface area contributed by atoms with Crippen LogP contribution in [-0.2, 0) is 0 Å². The van der Waals surface area contributed by atoms with Crippen molar-refractivity contribution in [2.45, 2.75) is 6.92 Å². The van der Waals surface area contributed by atoms with Gasteiger partial charge in [-0.2, -0.15) is 15.1 Å². The second kappa shape index (κ2) is 5.06. The lowest BCUT2D eigenvalue weighted by Crippen LogP contribution is -2.11. The maximum absolute atomic E-state index is 5.38. The minimum absolute atomic E-state index is 0.316. The van der Waals surface area contributed by atoms with Gasteiger partial charge in [0.1, 0.15) is 5.82 Å². The number of nitrogens with one attached hydrogen (secondary N) is 3. The van der Waals surface area contributed by atoms with Gasteiger partial charge < -0.3 is 5.32 Å². The van der Waals surface area contributed by atoms with E-state index in [4.69, 9.17) is 5.84 Å². The van der Waals surface area contributed by atoms with Crippen LogP contribution < -0.4 is 16.6 Å². The fourth-order valence-corrected chi connectivity index (χ4v) is 2.55.